The number of benzene rings is 1. The normalized spacial score (nSPS) is 10.6. The molecule has 0 fully saturated rings. The van der Waals surface area contributed by atoms with E-state index in [1.807, 2.05) is 6.07 Å². The van der Waals surface area contributed by atoms with E-state index in [0.717, 1.165) is 11.3 Å². The maximum Gasteiger partial charge on any atom is 0.251 e. The minimum atomic E-state index is -0.410. The number of furan rings is 1. The molecule has 0 aliphatic rings. The molecule has 0 spiro atoms. The van der Waals surface area contributed by atoms with Gasteiger partial charge in [-0.3, -0.25) is 4.79 Å². The zero-order valence-corrected chi connectivity index (χ0v) is 11.9. The Morgan fingerprint density at radius 2 is 2.24 bits per heavy atom. The lowest BCUT2D eigenvalue weighted by Gasteiger charge is -2.08. The van der Waals surface area contributed by atoms with E-state index >= 15 is 0 Å². The Balaban J connectivity index is 1.66. The SMILES string of the molecule is Cc1ccc(F)cc1C(=O)NCCCOCc1ccco1. The van der Waals surface area contributed by atoms with Crippen LogP contribution in [0.15, 0.2) is 41.0 Å². The van der Waals surface area contributed by atoms with Crippen molar-refractivity contribution in [3.8, 4) is 0 Å². The molecule has 0 unspecified atom stereocenters. The number of rotatable bonds is 7. The van der Waals surface area contributed by atoms with Crippen LogP contribution in [-0.2, 0) is 11.3 Å². The number of carbonyl (C=O) groups excluding carboxylic acids is 1. The first-order chi connectivity index (χ1) is 10.2. The summed E-state index contributed by atoms with van der Waals surface area (Å²) in [6.07, 6.45) is 2.28. The highest BCUT2D eigenvalue weighted by molar-refractivity contribution is 5.95. The quantitative estimate of drug-likeness (QED) is 0.798. The fourth-order valence-electron chi connectivity index (χ4n) is 1.88. The van der Waals surface area contributed by atoms with Crippen molar-refractivity contribution in [2.45, 2.75) is 20.0 Å². The van der Waals surface area contributed by atoms with Gasteiger partial charge in [0, 0.05) is 18.7 Å². The second-order valence-corrected chi connectivity index (χ2v) is 4.70. The van der Waals surface area contributed by atoms with Gasteiger partial charge in [0.15, 0.2) is 0 Å². The molecular weight excluding hydrogens is 273 g/mol. The lowest BCUT2D eigenvalue weighted by Crippen LogP contribution is -2.26. The van der Waals surface area contributed by atoms with E-state index in [9.17, 15) is 9.18 Å². The van der Waals surface area contributed by atoms with Gasteiger partial charge in [-0.2, -0.15) is 0 Å². The summed E-state index contributed by atoms with van der Waals surface area (Å²) >= 11 is 0. The minimum absolute atomic E-state index is 0.266. The van der Waals surface area contributed by atoms with E-state index < -0.39 is 5.82 Å². The van der Waals surface area contributed by atoms with Gasteiger partial charge in [-0.1, -0.05) is 6.07 Å². The van der Waals surface area contributed by atoms with Gasteiger partial charge in [-0.15, -0.1) is 0 Å². The molecule has 1 aromatic carbocycles. The molecule has 1 amide bonds. The topological polar surface area (TPSA) is 51.5 Å². The third kappa shape index (κ3) is 4.72. The van der Waals surface area contributed by atoms with Crippen LogP contribution in [0.2, 0.25) is 0 Å². The van der Waals surface area contributed by atoms with E-state index in [-0.39, 0.29) is 5.91 Å². The van der Waals surface area contributed by atoms with Crippen LogP contribution in [0.3, 0.4) is 0 Å². The molecule has 0 atom stereocenters. The van der Waals surface area contributed by atoms with Crippen molar-refractivity contribution in [1.29, 1.82) is 0 Å². The van der Waals surface area contributed by atoms with E-state index in [2.05, 4.69) is 5.32 Å². The summed E-state index contributed by atoms with van der Waals surface area (Å²) in [6.45, 7) is 3.20. The number of nitrogens with one attached hydrogen (secondary N) is 1. The summed E-state index contributed by atoms with van der Waals surface area (Å²) < 4.78 is 23.7. The van der Waals surface area contributed by atoms with Crippen molar-refractivity contribution in [3.63, 3.8) is 0 Å². The molecule has 0 bridgehead atoms. The summed E-state index contributed by atoms with van der Waals surface area (Å²) in [7, 11) is 0. The molecule has 0 aliphatic carbocycles. The molecule has 0 saturated carbocycles. The monoisotopic (exact) mass is 291 g/mol. The zero-order chi connectivity index (χ0) is 15.1. The Labute approximate surface area is 122 Å². The van der Waals surface area contributed by atoms with Crippen LogP contribution in [-0.4, -0.2) is 19.1 Å². The van der Waals surface area contributed by atoms with Gasteiger partial charge < -0.3 is 14.5 Å². The highest BCUT2D eigenvalue weighted by Gasteiger charge is 2.09. The first-order valence-electron chi connectivity index (χ1n) is 6.81. The number of aryl methyl sites for hydroxylation is 1. The number of amides is 1. The molecule has 21 heavy (non-hydrogen) atoms. The van der Waals surface area contributed by atoms with Crippen LogP contribution < -0.4 is 5.32 Å². The van der Waals surface area contributed by atoms with Gasteiger partial charge >= 0.3 is 0 Å². The van der Waals surface area contributed by atoms with Crippen LogP contribution in [0.25, 0.3) is 0 Å². The fourth-order valence-corrected chi connectivity index (χ4v) is 1.88. The van der Waals surface area contributed by atoms with Gasteiger partial charge in [-0.05, 0) is 43.2 Å². The summed E-state index contributed by atoms with van der Waals surface area (Å²) in [4.78, 5) is 11.9. The smallest absolute Gasteiger partial charge is 0.251 e. The third-order valence-electron chi connectivity index (χ3n) is 3.02. The van der Waals surface area contributed by atoms with Crippen LogP contribution >= 0.6 is 0 Å². The minimum Gasteiger partial charge on any atom is -0.467 e. The van der Waals surface area contributed by atoms with E-state index in [4.69, 9.17) is 9.15 Å². The summed E-state index contributed by atoms with van der Waals surface area (Å²) in [6, 6.07) is 7.83. The predicted octanol–water partition coefficient (Wildman–Crippen LogP) is 3.06. The second-order valence-electron chi connectivity index (χ2n) is 4.70. The van der Waals surface area contributed by atoms with Crippen LogP contribution in [0.5, 0.6) is 0 Å². The van der Waals surface area contributed by atoms with Crippen LogP contribution in [0, 0.1) is 12.7 Å². The zero-order valence-electron chi connectivity index (χ0n) is 11.9. The van der Waals surface area contributed by atoms with E-state index in [1.54, 1.807) is 25.3 Å². The molecule has 4 nitrogen and oxygen atoms in total. The third-order valence-corrected chi connectivity index (χ3v) is 3.02. The van der Waals surface area contributed by atoms with E-state index in [0.29, 0.717) is 31.7 Å². The molecule has 2 aromatic rings. The Morgan fingerprint density at radius 3 is 3.00 bits per heavy atom. The Kier molecular flexibility index (Phi) is 5.51. The second kappa shape index (κ2) is 7.59. The Hall–Kier alpha value is -2.14. The Morgan fingerprint density at radius 1 is 1.38 bits per heavy atom. The highest BCUT2D eigenvalue weighted by Crippen LogP contribution is 2.10. The molecule has 1 heterocycles. The van der Waals surface area contributed by atoms with Gasteiger partial charge in [0.25, 0.3) is 5.91 Å². The molecule has 2 rings (SSSR count). The van der Waals surface area contributed by atoms with Gasteiger partial charge in [0.05, 0.1) is 6.26 Å². The molecule has 0 aliphatic heterocycles. The van der Waals surface area contributed by atoms with Crippen molar-refractivity contribution < 1.29 is 18.3 Å². The maximum absolute atomic E-state index is 13.1. The van der Waals surface area contributed by atoms with Crippen LogP contribution in [0.1, 0.15) is 28.1 Å². The average Bonchev–Trinajstić information content (AvgIpc) is 2.98. The molecule has 5 heteroatoms. The highest BCUT2D eigenvalue weighted by atomic mass is 19.1. The fraction of sp³-hybridized carbons (Fsp3) is 0.312. The largest absolute Gasteiger partial charge is 0.467 e. The Bertz CT molecular complexity index is 581. The molecule has 112 valence electrons. The first kappa shape index (κ1) is 15.3. The van der Waals surface area contributed by atoms with Crippen molar-refractivity contribution in [2.75, 3.05) is 13.2 Å². The lowest BCUT2D eigenvalue weighted by molar-refractivity contribution is 0.0916. The maximum atomic E-state index is 13.1. The number of halogens is 1. The molecule has 1 aromatic heterocycles. The van der Waals surface area contributed by atoms with Gasteiger partial charge in [-0.25, -0.2) is 4.39 Å². The summed E-state index contributed by atoms with van der Waals surface area (Å²) in [5.74, 6) is 0.0972. The lowest BCUT2D eigenvalue weighted by atomic mass is 10.1. The van der Waals surface area contributed by atoms with Crippen molar-refractivity contribution in [1.82, 2.24) is 5.32 Å². The van der Waals surface area contributed by atoms with Crippen LogP contribution in [0.4, 0.5) is 4.39 Å². The number of hydrogen-bond acceptors (Lipinski definition) is 3. The number of ether oxygens (including phenoxy) is 1. The van der Waals surface area contributed by atoms with Crippen molar-refractivity contribution >= 4 is 5.91 Å². The molecule has 1 N–H and O–H groups in total. The average molecular weight is 291 g/mol. The molecule has 0 radical (unpaired) electrons. The molecular formula is C16H18FNO3. The predicted molar refractivity (Wildman–Crippen MR) is 76.5 cm³/mol. The number of hydrogen-bond donors (Lipinski definition) is 1. The standard InChI is InChI=1S/C16H18FNO3/c1-12-5-6-13(17)10-15(12)16(19)18-7-3-8-20-11-14-4-2-9-21-14/h2,4-6,9-10H,3,7-8,11H2,1H3,(H,18,19). The van der Waals surface area contributed by atoms with Crippen molar-refractivity contribution in [3.05, 3.63) is 59.3 Å². The summed E-state index contributed by atoms with van der Waals surface area (Å²) in [5, 5.41) is 2.75. The van der Waals surface area contributed by atoms with Gasteiger partial charge in [0.2, 0.25) is 0 Å². The molecule has 0 saturated heterocycles. The van der Waals surface area contributed by atoms with Crippen molar-refractivity contribution in [2.24, 2.45) is 0 Å². The van der Waals surface area contributed by atoms with E-state index in [1.165, 1.54) is 12.1 Å². The van der Waals surface area contributed by atoms with Gasteiger partial charge in [0.1, 0.15) is 18.2 Å². The first-order valence-corrected chi connectivity index (χ1v) is 6.81. The number of carbonyl (C=O) groups is 1. The summed E-state index contributed by atoms with van der Waals surface area (Å²) in [5.41, 5.74) is 1.12.